The third-order valence-corrected chi connectivity index (χ3v) is 4.46. The molecule has 0 aromatic carbocycles. The summed E-state index contributed by atoms with van der Waals surface area (Å²) < 4.78 is 11.2. The van der Waals surface area contributed by atoms with Gasteiger partial charge < -0.3 is 25.0 Å². The van der Waals surface area contributed by atoms with Crippen LogP contribution in [0.4, 0.5) is 0 Å². The van der Waals surface area contributed by atoms with Gasteiger partial charge in [0.1, 0.15) is 0 Å². The van der Waals surface area contributed by atoms with Gasteiger partial charge in [-0.15, -0.1) is 0 Å². The van der Waals surface area contributed by atoms with Crippen LogP contribution in [0.5, 0.6) is 0 Å². The molecule has 1 saturated heterocycles. The molecule has 0 amide bonds. The minimum atomic E-state index is 0.681. The molecule has 0 aromatic rings. The van der Waals surface area contributed by atoms with Crippen molar-refractivity contribution >= 4 is 5.96 Å². The lowest BCUT2D eigenvalue weighted by molar-refractivity contribution is 0.0205. The largest absolute Gasteiger partial charge is 0.381 e. The van der Waals surface area contributed by atoms with Gasteiger partial charge in [-0.1, -0.05) is 13.8 Å². The Hall–Kier alpha value is -0.850. The molecule has 1 rings (SSSR count). The van der Waals surface area contributed by atoms with Gasteiger partial charge in [-0.2, -0.15) is 0 Å². The lowest BCUT2D eigenvalue weighted by Crippen LogP contribution is -2.41. The third kappa shape index (κ3) is 11.4. The molecule has 0 aromatic heterocycles. The van der Waals surface area contributed by atoms with Crippen LogP contribution in [0.1, 0.15) is 46.5 Å². The molecule has 1 fully saturated rings. The maximum absolute atomic E-state index is 5.80. The predicted molar refractivity (Wildman–Crippen MR) is 105 cm³/mol. The summed E-state index contributed by atoms with van der Waals surface area (Å²) in [4.78, 5) is 7.10. The van der Waals surface area contributed by atoms with E-state index in [1.807, 2.05) is 0 Å². The molecule has 0 atom stereocenters. The number of ether oxygens (including phenoxy) is 2. The molecule has 0 unspecified atom stereocenters. The smallest absolute Gasteiger partial charge is 0.191 e. The number of nitrogens with zero attached hydrogens (tertiary/aromatic N) is 2. The molecule has 0 radical (unpaired) electrons. The fraction of sp³-hybridized carbons (Fsp3) is 0.947. The molecule has 1 aliphatic rings. The zero-order valence-electron chi connectivity index (χ0n) is 16.7. The van der Waals surface area contributed by atoms with Crippen molar-refractivity contribution in [1.82, 2.24) is 15.5 Å². The Morgan fingerprint density at radius 1 is 1.16 bits per heavy atom. The number of guanidine groups is 1. The highest BCUT2D eigenvalue weighted by Gasteiger charge is 2.13. The number of aliphatic imine (C=N–C) groups is 1. The topological polar surface area (TPSA) is 58.1 Å². The first kappa shape index (κ1) is 22.2. The fourth-order valence-electron chi connectivity index (χ4n) is 2.94. The molecule has 25 heavy (non-hydrogen) atoms. The van der Waals surface area contributed by atoms with Crippen LogP contribution in [-0.2, 0) is 9.47 Å². The SMILES string of the molecule is CCCN(CC)CCNC(=NCCCOCC1CCOCC1)NCC. The maximum Gasteiger partial charge on any atom is 0.191 e. The normalized spacial score (nSPS) is 16.4. The number of rotatable bonds is 13. The van der Waals surface area contributed by atoms with Gasteiger partial charge in [0.05, 0.1) is 0 Å². The van der Waals surface area contributed by atoms with Gasteiger partial charge in [-0.3, -0.25) is 4.99 Å². The Labute approximate surface area is 154 Å². The van der Waals surface area contributed by atoms with Gasteiger partial charge in [0, 0.05) is 52.6 Å². The summed E-state index contributed by atoms with van der Waals surface area (Å²) in [5.41, 5.74) is 0. The molecule has 0 aliphatic carbocycles. The number of hydrogen-bond acceptors (Lipinski definition) is 4. The van der Waals surface area contributed by atoms with Gasteiger partial charge in [0.15, 0.2) is 5.96 Å². The summed E-state index contributed by atoms with van der Waals surface area (Å²) in [6, 6.07) is 0. The van der Waals surface area contributed by atoms with E-state index in [-0.39, 0.29) is 0 Å². The molecule has 6 nitrogen and oxygen atoms in total. The molecule has 0 bridgehead atoms. The number of nitrogens with one attached hydrogen (secondary N) is 2. The maximum atomic E-state index is 5.80. The molecule has 0 saturated carbocycles. The quantitative estimate of drug-likeness (QED) is 0.301. The lowest BCUT2D eigenvalue weighted by atomic mass is 10.0. The highest BCUT2D eigenvalue weighted by atomic mass is 16.5. The number of hydrogen-bond donors (Lipinski definition) is 2. The standard InChI is InChI=1S/C19H40N4O2/c1-4-12-23(6-3)13-11-22-19(20-5-2)21-10-7-14-25-17-18-8-15-24-16-9-18/h18H,4-17H2,1-3H3,(H2,20,21,22). The van der Waals surface area contributed by atoms with Gasteiger partial charge >= 0.3 is 0 Å². The average Bonchev–Trinajstić information content (AvgIpc) is 2.64. The second-order valence-corrected chi connectivity index (χ2v) is 6.61. The van der Waals surface area contributed by atoms with Crippen molar-refractivity contribution < 1.29 is 9.47 Å². The molecule has 2 N–H and O–H groups in total. The van der Waals surface area contributed by atoms with Gasteiger partial charge in [-0.05, 0) is 51.6 Å². The Morgan fingerprint density at radius 3 is 2.64 bits per heavy atom. The summed E-state index contributed by atoms with van der Waals surface area (Å²) in [5.74, 6) is 1.60. The van der Waals surface area contributed by atoms with Crippen molar-refractivity contribution in [3.63, 3.8) is 0 Å². The van der Waals surface area contributed by atoms with E-state index in [1.165, 1.54) is 6.42 Å². The first-order valence-corrected chi connectivity index (χ1v) is 10.2. The summed E-state index contributed by atoms with van der Waals surface area (Å²) in [7, 11) is 0. The van der Waals surface area contributed by atoms with E-state index in [0.29, 0.717) is 5.92 Å². The van der Waals surface area contributed by atoms with E-state index in [0.717, 1.165) is 90.9 Å². The van der Waals surface area contributed by atoms with E-state index in [4.69, 9.17) is 9.47 Å². The zero-order valence-corrected chi connectivity index (χ0v) is 16.7. The Balaban J connectivity index is 2.12. The van der Waals surface area contributed by atoms with Crippen LogP contribution in [0, 0.1) is 5.92 Å². The van der Waals surface area contributed by atoms with E-state index in [2.05, 4.69) is 41.3 Å². The molecule has 148 valence electrons. The van der Waals surface area contributed by atoms with Crippen LogP contribution in [-0.4, -0.2) is 76.6 Å². The van der Waals surface area contributed by atoms with Crippen LogP contribution in [0.25, 0.3) is 0 Å². The van der Waals surface area contributed by atoms with Gasteiger partial charge in [0.2, 0.25) is 0 Å². The van der Waals surface area contributed by atoms with Crippen LogP contribution >= 0.6 is 0 Å². The third-order valence-electron chi connectivity index (χ3n) is 4.46. The first-order valence-electron chi connectivity index (χ1n) is 10.2. The molecule has 1 aliphatic heterocycles. The van der Waals surface area contributed by atoms with E-state index in [1.54, 1.807) is 0 Å². The van der Waals surface area contributed by atoms with Crippen molar-refractivity contribution in [3.8, 4) is 0 Å². The van der Waals surface area contributed by atoms with Crippen LogP contribution in [0.3, 0.4) is 0 Å². The van der Waals surface area contributed by atoms with Crippen LogP contribution < -0.4 is 10.6 Å². The van der Waals surface area contributed by atoms with E-state index in [9.17, 15) is 0 Å². The van der Waals surface area contributed by atoms with Gasteiger partial charge in [0.25, 0.3) is 0 Å². The number of likely N-dealkylation sites (N-methyl/N-ethyl adjacent to an activating group) is 1. The monoisotopic (exact) mass is 356 g/mol. The Kier molecular flexibility index (Phi) is 13.7. The van der Waals surface area contributed by atoms with Crippen LogP contribution in [0.2, 0.25) is 0 Å². The van der Waals surface area contributed by atoms with Crippen molar-refractivity contribution in [3.05, 3.63) is 0 Å². The van der Waals surface area contributed by atoms with Crippen molar-refractivity contribution in [2.45, 2.75) is 46.5 Å². The first-order chi connectivity index (χ1) is 12.3. The van der Waals surface area contributed by atoms with Crippen molar-refractivity contribution in [2.24, 2.45) is 10.9 Å². The summed E-state index contributed by atoms with van der Waals surface area (Å²) in [5, 5.41) is 6.74. The molecular formula is C19H40N4O2. The zero-order chi connectivity index (χ0) is 18.2. The van der Waals surface area contributed by atoms with Crippen molar-refractivity contribution in [2.75, 3.05) is 65.7 Å². The Morgan fingerprint density at radius 2 is 1.96 bits per heavy atom. The molecule has 1 heterocycles. The second kappa shape index (κ2) is 15.4. The summed E-state index contributed by atoms with van der Waals surface area (Å²) in [6.45, 7) is 15.9. The highest BCUT2D eigenvalue weighted by Crippen LogP contribution is 2.14. The average molecular weight is 357 g/mol. The predicted octanol–water partition coefficient (Wildman–Crippen LogP) is 2.11. The van der Waals surface area contributed by atoms with Crippen LogP contribution in [0.15, 0.2) is 4.99 Å². The van der Waals surface area contributed by atoms with E-state index >= 15 is 0 Å². The molecular weight excluding hydrogens is 316 g/mol. The van der Waals surface area contributed by atoms with E-state index < -0.39 is 0 Å². The highest BCUT2D eigenvalue weighted by molar-refractivity contribution is 5.79. The molecule has 0 spiro atoms. The minimum absolute atomic E-state index is 0.681. The lowest BCUT2D eigenvalue weighted by Gasteiger charge is -2.21. The second-order valence-electron chi connectivity index (χ2n) is 6.61. The summed E-state index contributed by atoms with van der Waals surface area (Å²) in [6.07, 6.45) is 4.45. The van der Waals surface area contributed by atoms with Gasteiger partial charge in [-0.25, -0.2) is 0 Å². The summed E-state index contributed by atoms with van der Waals surface area (Å²) >= 11 is 0. The Bertz CT molecular complexity index is 333. The fourth-order valence-corrected chi connectivity index (χ4v) is 2.94. The minimum Gasteiger partial charge on any atom is -0.381 e. The molecule has 6 heteroatoms. The van der Waals surface area contributed by atoms with Crippen molar-refractivity contribution in [1.29, 1.82) is 0 Å².